The Labute approximate surface area is 196 Å². The van der Waals surface area contributed by atoms with Gasteiger partial charge in [-0.15, -0.1) is 0 Å². The Morgan fingerprint density at radius 2 is 1.72 bits per heavy atom. The fourth-order valence-corrected chi connectivity index (χ4v) is 7.43. The van der Waals surface area contributed by atoms with Crippen molar-refractivity contribution in [2.45, 2.75) is 111 Å². The molecule has 4 atom stereocenters. The van der Waals surface area contributed by atoms with Gasteiger partial charge in [-0.05, 0) is 55.7 Å². The molecule has 2 rings (SSSR count). The van der Waals surface area contributed by atoms with Crippen LogP contribution in [0.2, 0.25) is 18.1 Å². The number of esters is 1. The number of Topliss-reactive ketones (excluding diaryl/α,β-unsaturated/α-hetero) is 1. The van der Waals surface area contributed by atoms with Crippen molar-refractivity contribution in [2.24, 2.45) is 23.2 Å². The van der Waals surface area contributed by atoms with E-state index in [4.69, 9.17) is 13.9 Å². The first kappa shape index (κ1) is 27.1. The molecule has 1 fully saturated rings. The van der Waals surface area contributed by atoms with Gasteiger partial charge in [0.1, 0.15) is 16.9 Å². The van der Waals surface area contributed by atoms with Gasteiger partial charge < -0.3 is 13.9 Å². The van der Waals surface area contributed by atoms with Crippen LogP contribution in [0.1, 0.15) is 81.6 Å². The van der Waals surface area contributed by atoms with Crippen LogP contribution in [0, 0.1) is 23.2 Å². The molecule has 0 aromatic carbocycles. The average Bonchev–Trinajstić information content (AvgIpc) is 2.64. The van der Waals surface area contributed by atoms with E-state index in [0.717, 1.165) is 19.3 Å². The Bertz CT molecular complexity index is 772. The van der Waals surface area contributed by atoms with Crippen molar-refractivity contribution >= 4 is 20.1 Å². The number of rotatable bonds is 6. The summed E-state index contributed by atoms with van der Waals surface area (Å²) in [6.07, 6.45) is 2.74. The Morgan fingerprint density at radius 1 is 1.19 bits per heavy atom. The van der Waals surface area contributed by atoms with Crippen molar-refractivity contribution in [3.8, 4) is 0 Å². The molecule has 0 radical (unpaired) electrons. The van der Waals surface area contributed by atoms with Gasteiger partial charge in [0.2, 0.25) is 0 Å². The smallest absolute Gasteiger partial charge is 0.344 e. The zero-order valence-electron chi connectivity index (χ0n) is 22.5. The number of allylic oxidation sites excluding steroid dienone is 1. The molecular weight excluding hydrogens is 420 g/mol. The highest BCUT2D eigenvalue weighted by atomic mass is 28.4. The highest BCUT2D eigenvalue weighted by Crippen LogP contribution is 2.59. The van der Waals surface area contributed by atoms with Gasteiger partial charge >= 0.3 is 5.97 Å². The normalized spacial score (nSPS) is 30.8. The summed E-state index contributed by atoms with van der Waals surface area (Å²) in [5.74, 6) is -0.149. The molecule has 32 heavy (non-hydrogen) atoms. The molecule has 0 aromatic rings. The maximum Gasteiger partial charge on any atom is 0.344 e. The van der Waals surface area contributed by atoms with Crippen molar-refractivity contribution in [3.63, 3.8) is 0 Å². The molecule has 1 saturated carbocycles. The molecule has 0 N–H and O–H groups in total. The lowest BCUT2D eigenvalue weighted by Crippen LogP contribution is -2.67. The van der Waals surface area contributed by atoms with E-state index in [0.29, 0.717) is 11.7 Å². The molecule has 5 nitrogen and oxygen atoms in total. The molecule has 0 amide bonds. The largest absolute Gasteiger partial charge is 0.488 e. The fraction of sp³-hybridized carbons (Fsp3) is 0.846. The number of methoxy groups -OCH3 is 1. The summed E-state index contributed by atoms with van der Waals surface area (Å²) in [7, 11) is -0.824. The van der Waals surface area contributed by atoms with Crippen molar-refractivity contribution in [3.05, 3.63) is 11.3 Å². The van der Waals surface area contributed by atoms with Crippen molar-refractivity contribution in [2.75, 3.05) is 7.11 Å². The third-order valence-electron chi connectivity index (χ3n) is 8.86. The molecule has 0 saturated heterocycles. The number of ketones is 1. The predicted octanol–water partition coefficient (Wildman–Crippen LogP) is 6.28. The topological polar surface area (TPSA) is 61.8 Å². The molecule has 6 heteroatoms. The molecule has 1 aliphatic heterocycles. The first-order chi connectivity index (χ1) is 14.5. The van der Waals surface area contributed by atoms with E-state index in [1.165, 1.54) is 7.11 Å². The van der Waals surface area contributed by atoms with E-state index in [9.17, 15) is 9.59 Å². The lowest BCUT2D eigenvalue weighted by Gasteiger charge is -2.61. The molecule has 0 aromatic heterocycles. The molecule has 0 spiro atoms. The van der Waals surface area contributed by atoms with Crippen LogP contribution >= 0.6 is 0 Å². The van der Waals surface area contributed by atoms with Crippen molar-refractivity contribution in [1.82, 2.24) is 0 Å². The molecular formula is C26H46O5Si. The fourth-order valence-electron chi connectivity index (χ4n) is 6.03. The summed E-state index contributed by atoms with van der Waals surface area (Å²) in [5.41, 5.74) is -1.13. The Balaban J connectivity index is 2.70. The van der Waals surface area contributed by atoms with Gasteiger partial charge in [-0.25, -0.2) is 4.79 Å². The monoisotopic (exact) mass is 466 g/mol. The third kappa shape index (κ3) is 4.34. The maximum absolute atomic E-state index is 14.0. The number of fused-ring (bicyclic) bond motifs is 1. The Hall–Kier alpha value is -1.14. The summed E-state index contributed by atoms with van der Waals surface area (Å²) < 4.78 is 18.5. The summed E-state index contributed by atoms with van der Waals surface area (Å²) in [5, 5.41) is 0.0387. The molecule has 0 bridgehead atoms. The van der Waals surface area contributed by atoms with Crippen LogP contribution in [0.15, 0.2) is 11.3 Å². The molecule has 1 aliphatic carbocycles. The van der Waals surface area contributed by atoms with Crippen LogP contribution in [-0.4, -0.2) is 38.9 Å². The van der Waals surface area contributed by atoms with Crippen molar-refractivity contribution in [1.29, 1.82) is 0 Å². The second kappa shape index (κ2) is 8.90. The highest BCUT2D eigenvalue weighted by Gasteiger charge is 2.65. The first-order valence-electron chi connectivity index (χ1n) is 12.2. The number of ether oxygens (including phenoxy) is 2. The van der Waals surface area contributed by atoms with E-state index in [1.807, 2.05) is 6.92 Å². The van der Waals surface area contributed by atoms with Crippen molar-refractivity contribution < 1.29 is 23.5 Å². The van der Waals surface area contributed by atoms with E-state index < -0.39 is 25.8 Å². The standard InChI is InChI=1S/C26H46O5Si/c1-13-17(14-2)18-15-19(31-32(11,12)24(4,5)6)26(9)22(25(18,7)8)21(27)20(16(3)30-26)23(28)29-10/h17-19,22H,13-15H2,1-12H3/t18-,19-,22+,26+/m0/s1. The second-order valence-corrected chi connectivity index (χ2v) is 16.9. The van der Waals surface area contributed by atoms with Crippen LogP contribution in [0.3, 0.4) is 0 Å². The van der Waals surface area contributed by atoms with E-state index in [1.54, 1.807) is 6.92 Å². The van der Waals surface area contributed by atoms with Gasteiger partial charge in [-0.1, -0.05) is 61.3 Å². The molecule has 2 aliphatic rings. The van der Waals surface area contributed by atoms with Gasteiger partial charge in [-0.3, -0.25) is 4.79 Å². The molecule has 1 heterocycles. The quantitative estimate of drug-likeness (QED) is 0.262. The summed E-state index contributed by atoms with van der Waals surface area (Å²) in [6.45, 7) is 23.7. The van der Waals surface area contributed by atoms with Crippen LogP contribution in [0.25, 0.3) is 0 Å². The number of carbonyl (C=O) groups excluding carboxylic acids is 2. The lowest BCUT2D eigenvalue weighted by molar-refractivity contribution is -0.205. The van der Waals surface area contributed by atoms with Gasteiger partial charge in [0.15, 0.2) is 14.1 Å². The Morgan fingerprint density at radius 3 is 2.16 bits per heavy atom. The van der Waals surface area contributed by atoms with Crippen LogP contribution in [-0.2, 0) is 23.5 Å². The van der Waals surface area contributed by atoms with E-state index >= 15 is 0 Å². The highest BCUT2D eigenvalue weighted by molar-refractivity contribution is 6.74. The van der Waals surface area contributed by atoms with E-state index in [2.05, 4.69) is 61.6 Å². The van der Waals surface area contributed by atoms with Gasteiger partial charge in [0.05, 0.1) is 19.1 Å². The summed E-state index contributed by atoms with van der Waals surface area (Å²) in [4.78, 5) is 26.5. The minimum atomic E-state index is -2.14. The zero-order chi connectivity index (χ0) is 24.9. The summed E-state index contributed by atoms with van der Waals surface area (Å²) in [6, 6.07) is 0. The number of carbonyl (C=O) groups is 2. The van der Waals surface area contributed by atoms with Gasteiger partial charge in [-0.2, -0.15) is 0 Å². The molecule has 184 valence electrons. The van der Waals surface area contributed by atoms with Gasteiger partial charge in [0, 0.05) is 0 Å². The minimum Gasteiger partial charge on any atom is -0.488 e. The van der Waals surface area contributed by atoms with Crippen LogP contribution < -0.4 is 0 Å². The molecule has 0 unspecified atom stereocenters. The number of hydrogen-bond donors (Lipinski definition) is 0. The second-order valence-electron chi connectivity index (χ2n) is 12.1. The lowest BCUT2D eigenvalue weighted by atomic mass is 9.50. The first-order valence-corrected chi connectivity index (χ1v) is 15.1. The van der Waals surface area contributed by atoms with Crippen LogP contribution in [0.5, 0.6) is 0 Å². The SMILES string of the molecule is CCC(CC)[C@@H]1C[C@H](O[Si](C)(C)C(C)(C)C)[C@@]2(C)OC(C)=C(C(=O)OC)C(=O)[C@@H]2C1(C)C. The zero-order valence-corrected chi connectivity index (χ0v) is 23.5. The maximum atomic E-state index is 14.0. The number of hydrogen-bond acceptors (Lipinski definition) is 5. The van der Waals surface area contributed by atoms with Crippen LogP contribution in [0.4, 0.5) is 0 Å². The minimum absolute atomic E-state index is 0.0387. The predicted molar refractivity (Wildman–Crippen MR) is 131 cm³/mol. The Kier molecular flexibility index (Phi) is 7.54. The third-order valence-corrected chi connectivity index (χ3v) is 13.4. The van der Waals surface area contributed by atoms with E-state index in [-0.39, 0.29) is 33.8 Å². The average molecular weight is 467 g/mol. The summed E-state index contributed by atoms with van der Waals surface area (Å²) >= 11 is 0. The van der Waals surface area contributed by atoms with Gasteiger partial charge in [0.25, 0.3) is 0 Å².